The minimum atomic E-state index is -0.190. The average molecular weight is 269 g/mol. The largest absolute Gasteiger partial charge is 0.382 e. The molecule has 0 amide bonds. The Morgan fingerprint density at radius 2 is 1.60 bits per heavy atom. The number of benzene rings is 2. The molecule has 2 heteroatoms. The molecule has 1 N–H and O–H groups in total. The minimum absolute atomic E-state index is 0.190. The van der Waals surface area contributed by atoms with Gasteiger partial charge in [0.15, 0.2) is 0 Å². The number of anilines is 1. The first-order chi connectivity index (χ1) is 9.72. The van der Waals surface area contributed by atoms with Gasteiger partial charge < -0.3 is 5.32 Å². The molecule has 104 valence electrons. The number of hydrogen-bond donors (Lipinski definition) is 1. The van der Waals surface area contributed by atoms with E-state index in [1.165, 1.54) is 49.1 Å². The fourth-order valence-electron chi connectivity index (χ4n) is 2.89. The smallest absolute Gasteiger partial charge is 0.123 e. The summed E-state index contributed by atoms with van der Waals surface area (Å²) in [6, 6.07) is 13.7. The lowest BCUT2D eigenvalue weighted by Gasteiger charge is -2.17. The van der Waals surface area contributed by atoms with Crippen molar-refractivity contribution in [1.82, 2.24) is 0 Å². The van der Waals surface area contributed by atoms with Gasteiger partial charge >= 0.3 is 0 Å². The van der Waals surface area contributed by atoms with Gasteiger partial charge in [-0.2, -0.15) is 0 Å². The normalized spacial score (nSPS) is 15.5. The fourth-order valence-corrected chi connectivity index (χ4v) is 2.89. The van der Waals surface area contributed by atoms with Crippen LogP contribution in [-0.2, 0) is 0 Å². The third-order valence-corrected chi connectivity index (χ3v) is 4.13. The lowest BCUT2D eigenvalue weighted by atomic mass is 10.0. The van der Waals surface area contributed by atoms with Gasteiger partial charge in [-0.1, -0.05) is 37.1 Å². The highest BCUT2D eigenvalue weighted by Crippen LogP contribution is 2.28. The summed E-state index contributed by atoms with van der Waals surface area (Å²) in [5, 5.41) is 3.66. The van der Waals surface area contributed by atoms with E-state index < -0.39 is 0 Å². The van der Waals surface area contributed by atoms with Gasteiger partial charge in [-0.3, -0.25) is 0 Å². The van der Waals surface area contributed by atoms with E-state index in [0.717, 1.165) is 11.1 Å². The molecule has 1 aliphatic rings. The van der Waals surface area contributed by atoms with Gasteiger partial charge in [-0.05, 0) is 54.7 Å². The molecule has 0 heterocycles. The highest BCUT2D eigenvalue weighted by atomic mass is 19.1. The van der Waals surface area contributed by atoms with Crippen molar-refractivity contribution in [3.63, 3.8) is 0 Å². The Hall–Kier alpha value is -1.83. The highest BCUT2D eigenvalue weighted by Gasteiger charge is 2.15. The number of hydrogen-bond acceptors (Lipinski definition) is 1. The van der Waals surface area contributed by atoms with Crippen LogP contribution < -0.4 is 5.32 Å². The molecule has 0 radical (unpaired) electrons. The quantitative estimate of drug-likeness (QED) is 0.812. The molecule has 0 aliphatic heterocycles. The van der Waals surface area contributed by atoms with Crippen LogP contribution in [0.3, 0.4) is 0 Å². The summed E-state index contributed by atoms with van der Waals surface area (Å²) in [6.07, 6.45) is 5.18. The highest BCUT2D eigenvalue weighted by molar-refractivity contribution is 5.70. The standard InChI is InChI=1S/C18H20FN/c1-13-6-7-15(14-8-10-16(19)11-9-14)12-18(13)20-17-4-2-3-5-17/h6-12,17,20H,2-5H2,1H3. The maximum Gasteiger partial charge on any atom is 0.123 e. The Balaban J connectivity index is 1.87. The monoisotopic (exact) mass is 269 g/mol. The van der Waals surface area contributed by atoms with Crippen LogP contribution >= 0.6 is 0 Å². The van der Waals surface area contributed by atoms with E-state index in [2.05, 4.69) is 30.4 Å². The molecule has 1 fully saturated rings. The Bertz CT molecular complexity index is 583. The molecular weight excluding hydrogens is 249 g/mol. The van der Waals surface area contributed by atoms with Gasteiger partial charge in [0.05, 0.1) is 0 Å². The van der Waals surface area contributed by atoms with Crippen LogP contribution in [0.1, 0.15) is 31.2 Å². The van der Waals surface area contributed by atoms with Crippen LogP contribution in [0.15, 0.2) is 42.5 Å². The molecule has 0 aromatic heterocycles. The number of nitrogens with one attached hydrogen (secondary N) is 1. The molecular formula is C18H20FN. The predicted molar refractivity (Wildman–Crippen MR) is 82.5 cm³/mol. The minimum Gasteiger partial charge on any atom is -0.382 e. The van der Waals surface area contributed by atoms with Crippen LogP contribution in [0, 0.1) is 12.7 Å². The van der Waals surface area contributed by atoms with Crippen LogP contribution in [0.4, 0.5) is 10.1 Å². The van der Waals surface area contributed by atoms with Gasteiger partial charge in [0.25, 0.3) is 0 Å². The number of halogens is 1. The maximum atomic E-state index is 13.0. The Morgan fingerprint density at radius 3 is 2.30 bits per heavy atom. The summed E-state index contributed by atoms with van der Waals surface area (Å²) in [6.45, 7) is 2.13. The van der Waals surface area contributed by atoms with Gasteiger partial charge in [0, 0.05) is 11.7 Å². The molecule has 0 bridgehead atoms. The number of rotatable bonds is 3. The average Bonchev–Trinajstić information content (AvgIpc) is 2.95. The van der Waals surface area contributed by atoms with Crippen molar-refractivity contribution in [2.75, 3.05) is 5.32 Å². The van der Waals surface area contributed by atoms with Crippen LogP contribution in [0.2, 0.25) is 0 Å². The van der Waals surface area contributed by atoms with Crippen LogP contribution in [0.5, 0.6) is 0 Å². The summed E-state index contributed by atoms with van der Waals surface area (Å²) >= 11 is 0. The molecule has 2 aromatic carbocycles. The molecule has 1 saturated carbocycles. The van der Waals surface area contributed by atoms with Crippen molar-refractivity contribution in [3.8, 4) is 11.1 Å². The summed E-state index contributed by atoms with van der Waals surface area (Å²) < 4.78 is 13.0. The van der Waals surface area contributed by atoms with Crippen molar-refractivity contribution in [3.05, 3.63) is 53.8 Å². The molecule has 1 aliphatic carbocycles. The third kappa shape index (κ3) is 2.84. The van der Waals surface area contributed by atoms with Crippen molar-refractivity contribution in [2.24, 2.45) is 0 Å². The maximum absolute atomic E-state index is 13.0. The zero-order valence-corrected chi connectivity index (χ0v) is 11.8. The van der Waals surface area contributed by atoms with Crippen molar-refractivity contribution in [1.29, 1.82) is 0 Å². The van der Waals surface area contributed by atoms with Gasteiger partial charge in [0.1, 0.15) is 5.82 Å². The second-order valence-corrected chi connectivity index (χ2v) is 5.66. The van der Waals surface area contributed by atoms with E-state index in [1.807, 2.05) is 12.1 Å². The first kappa shape index (κ1) is 13.2. The summed E-state index contributed by atoms with van der Waals surface area (Å²) in [5.74, 6) is -0.190. The molecule has 3 rings (SSSR count). The lowest BCUT2D eigenvalue weighted by Crippen LogP contribution is -2.15. The molecule has 0 unspecified atom stereocenters. The van der Waals surface area contributed by atoms with E-state index in [-0.39, 0.29) is 5.82 Å². The lowest BCUT2D eigenvalue weighted by molar-refractivity contribution is 0.628. The summed E-state index contributed by atoms with van der Waals surface area (Å²) in [5.41, 5.74) is 4.67. The molecule has 2 aromatic rings. The van der Waals surface area contributed by atoms with E-state index in [0.29, 0.717) is 6.04 Å². The van der Waals surface area contributed by atoms with Gasteiger partial charge in [0.2, 0.25) is 0 Å². The van der Waals surface area contributed by atoms with E-state index in [9.17, 15) is 4.39 Å². The van der Waals surface area contributed by atoms with Crippen molar-refractivity contribution >= 4 is 5.69 Å². The summed E-state index contributed by atoms with van der Waals surface area (Å²) in [7, 11) is 0. The van der Waals surface area contributed by atoms with Crippen molar-refractivity contribution < 1.29 is 4.39 Å². The molecule has 1 nitrogen and oxygen atoms in total. The first-order valence-electron chi connectivity index (χ1n) is 7.35. The predicted octanol–water partition coefficient (Wildman–Crippen LogP) is 5.16. The van der Waals surface area contributed by atoms with Gasteiger partial charge in [-0.15, -0.1) is 0 Å². The topological polar surface area (TPSA) is 12.0 Å². The Kier molecular flexibility index (Phi) is 3.72. The Morgan fingerprint density at radius 1 is 0.950 bits per heavy atom. The fraction of sp³-hybridized carbons (Fsp3) is 0.333. The van der Waals surface area contributed by atoms with Crippen LogP contribution in [0.25, 0.3) is 11.1 Å². The van der Waals surface area contributed by atoms with Crippen molar-refractivity contribution in [2.45, 2.75) is 38.6 Å². The van der Waals surface area contributed by atoms with Crippen LogP contribution in [-0.4, -0.2) is 6.04 Å². The SMILES string of the molecule is Cc1ccc(-c2ccc(F)cc2)cc1NC1CCCC1. The van der Waals surface area contributed by atoms with E-state index in [1.54, 1.807) is 0 Å². The molecule has 0 atom stereocenters. The third-order valence-electron chi connectivity index (χ3n) is 4.13. The first-order valence-corrected chi connectivity index (χ1v) is 7.35. The second-order valence-electron chi connectivity index (χ2n) is 5.66. The summed E-state index contributed by atoms with van der Waals surface area (Å²) in [4.78, 5) is 0. The number of aryl methyl sites for hydroxylation is 1. The molecule has 20 heavy (non-hydrogen) atoms. The molecule has 0 spiro atoms. The zero-order chi connectivity index (χ0) is 13.9. The Labute approximate surface area is 119 Å². The molecule has 0 saturated heterocycles. The van der Waals surface area contributed by atoms with E-state index in [4.69, 9.17) is 0 Å². The van der Waals surface area contributed by atoms with E-state index >= 15 is 0 Å². The van der Waals surface area contributed by atoms with Gasteiger partial charge in [-0.25, -0.2) is 4.39 Å². The second kappa shape index (κ2) is 5.66. The zero-order valence-electron chi connectivity index (χ0n) is 11.8.